The first kappa shape index (κ1) is 43.8. The van der Waals surface area contributed by atoms with E-state index in [0.29, 0.717) is 17.7 Å². The predicted octanol–water partition coefficient (Wildman–Crippen LogP) is 0.0267. The molecule has 1 fully saturated rings. The number of carbonyl (C=O) groups is 7. The van der Waals surface area contributed by atoms with Gasteiger partial charge in [0.2, 0.25) is 39.4 Å². The number of primary amides is 1. The predicted molar refractivity (Wildman–Crippen MR) is 197 cm³/mol. The number of Topliss-reactive ketones (excluding diaryl/α,β-unsaturated/α-hetero) is 1. The molecule has 0 spiro atoms. The molecule has 1 aliphatic heterocycles. The van der Waals surface area contributed by atoms with Crippen molar-refractivity contribution in [1.29, 1.82) is 0 Å². The van der Waals surface area contributed by atoms with Crippen LogP contribution in [0.15, 0.2) is 59.5 Å². The minimum Gasteiger partial charge on any atom is -0.497 e. The zero-order chi connectivity index (χ0) is 40.9. The molecule has 2 unspecified atom stereocenters. The Hall–Kier alpha value is -5.56. The van der Waals surface area contributed by atoms with E-state index in [1.807, 2.05) is 13.8 Å². The lowest BCUT2D eigenvalue weighted by Crippen LogP contribution is -2.56. The molecule has 0 bridgehead atoms. The van der Waals surface area contributed by atoms with Gasteiger partial charge in [0, 0.05) is 12.6 Å². The van der Waals surface area contributed by atoms with Crippen LogP contribution in [0.1, 0.15) is 58.6 Å². The number of sulfonamides is 1. The molecule has 0 aromatic heterocycles. The molecule has 2 aromatic carbocycles. The topological polar surface area (TPSA) is 262 Å². The van der Waals surface area contributed by atoms with Gasteiger partial charge in [-0.25, -0.2) is 17.9 Å². The van der Waals surface area contributed by atoms with Crippen molar-refractivity contribution in [2.24, 2.45) is 11.7 Å². The summed E-state index contributed by atoms with van der Waals surface area (Å²) in [5.74, 6) is -5.11. The van der Waals surface area contributed by atoms with Gasteiger partial charge in [0.1, 0.15) is 23.9 Å². The molecule has 1 aliphatic rings. The summed E-state index contributed by atoms with van der Waals surface area (Å²) >= 11 is 0. The average Bonchev–Trinajstić information content (AvgIpc) is 3.57. The molecular weight excluding hydrogens is 739 g/mol. The summed E-state index contributed by atoms with van der Waals surface area (Å²) in [6.07, 6.45) is -0.765. The standard InChI is InChI=1S/C36H49N7O11S/c1-6-10-27(31(45)34(48)38-18-29(44)41-30(32(37)46)23-11-8-7-9-12-23)40-33(47)28-17-24(42-55(51,52)26-15-13-25(53-5)14-16-26)19-43(28)35(49)22(4)39-36(50)54-20-21(2)3/h7-9,11-16,21-22,24,27-28,30,42H,6,10,17-20H2,1-5H3,(H2,37,46)(H,38,48)(H,39,50)(H,40,47)(H,41,44)/t22-,24+,27?,28?,30-/m0/s1. The van der Waals surface area contributed by atoms with Gasteiger partial charge in [-0.3, -0.25) is 28.8 Å². The summed E-state index contributed by atoms with van der Waals surface area (Å²) < 4.78 is 39.3. The normalized spacial score (nSPS) is 16.9. The zero-order valence-corrected chi connectivity index (χ0v) is 32.1. The van der Waals surface area contributed by atoms with Gasteiger partial charge in [-0.05, 0) is 55.5 Å². The molecule has 19 heteroatoms. The fraction of sp³-hybridized carbons (Fsp3) is 0.472. The second-order valence-corrected chi connectivity index (χ2v) is 15.0. The van der Waals surface area contributed by atoms with Gasteiger partial charge in [0.25, 0.3) is 5.91 Å². The fourth-order valence-corrected chi connectivity index (χ4v) is 6.87. The maximum absolute atomic E-state index is 13.8. The molecule has 5 atom stereocenters. The number of benzene rings is 2. The Bertz CT molecular complexity index is 1810. The summed E-state index contributed by atoms with van der Waals surface area (Å²) in [6, 6.07) is 7.60. The average molecular weight is 788 g/mol. The van der Waals surface area contributed by atoms with Crippen molar-refractivity contribution in [3.8, 4) is 5.75 Å². The lowest BCUT2D eigenvalue weighted by Gasteiger charge is -2.28. The highest BCUT2D eigenvalue weighted by Crippen LogP contribution is 2.23. The number of nitrogens with one attached hydrogen (secondary N) is 5. The number of ketones is 1. The maximum atomic E-state index is 13.8. The Morgan fingerprint density at radius 2 is 1.58 bits per heavy atom. The summed E-state index contributed by atoms with van der Waals surface area (Å²) in [5.41, 5.74) is 5.84. The summed E-state index contributed by atoms with van der Waals surface area (Å²) in [7, 11) is -2.72. The number of hydrogen-bond donors (Lipinski definition) is 6. The fourth-order valence-electron chi connectivity index (χ4n) is 5.63. The van der Waals surface area contributed by atoms with Crippen molar-refractivity contribution in [2.45, 2.75) is 82.1 Å². The molecule has 300 valence electrons. The van der Waals surface area contributed by atoms with Crippen LogP contribution < -0.4 is 36.5 Å². The Morgan fingerprint density at radius 3 is 2.16 bits per heavy atom. The smallest absolute Gasteiger partial charge is 0.407 e. The van der Waals surface area contributed by atoms with E-state index >= 15 is 0 Å². The molecule has 1 saturated heterocycles. The minimum atomic E-state index is -4.15. The Kier molecular flexibility index (Phi) is 16.1. The molecular formula is C36H49N7O11S. The zero-order valence-electron chi connectivity index (χ0n) is 31.3. The Labute approximate surface area is 319 Å². The molecule has 0 radical (unpaired) electrons. The van der Waals surface area contributed by atoms with Gasteiger partial charge in [-0.15, -0.1) is 0 Å². The van der Waals surface area contributed by atoms with E-state index in [4.69, 9.17) is 15.2 Å². The Balaban J connectivity index is 1.75. The van der Waals surface area contributed by atoms with Crippen molar-refractivity contribution in [3.63, 3.8) is 0 Å². The Morgan fingerprint density at radius 1 is 0.927 bits per heavy atom. The number of alkyl carbamates (subject to hydrolysis) is 1. The van der Waals surface area contributed by atoms with Crippen molar-refractivity contribution in [2.75, 3.05) is 26.8 Å². The number of nitrogens with zero attached hydrogens (tertiary/aromatic N) is 1. The summed E-state index contributed by atoms with van der Waals surface area (Å²) in [5, 5.41) is 9.52. The lowest BCUT2D eigenvalue weighted by molar-refractivity contribution is -0.143. The monoisotopic (exact) mass is 787 g/mol. The highest BCUT2D eigenvalue weighted by molar-refractivity contribution is 7.89. The van der Waals surface area contributed by atoms with Gasteiger partial charge in [0.15, 0.2) is 0 Å². The second-order valence-electron chi connectivity index (χ2n) is 13.3. The van der Waals surface area contributed by atoms with Crippen LogP contribution in [0.25, 0.3) is 0 Å². The van der Waals surface area contributed by atoms with E-state index in [9.17, 15) is 42.0 Å². The minimum absolute atomic E-state index is 0.00418. The van der Waals surface area contributed by atoms with E-state index in [1.165, 1.54) is 38.3 Å². The van der Waals surface area contributed by atoms with Crippen LogP contribution >= 0.6 is 0 Å². The molecule has 2 aromatic rings. The van der Waals surface area contributed by atoms with Crippen LogP contribution in [0, 0.1) is 5.92 Å². The summed E-state index contributed by atoms with van der Waals surface area (Å²) in [6.45, 7) is 5.84. The van der Waals surface area contributed by atoms with Gasteiger partial charge >= 0.3 is 6.09 Å². The van der Waals surface area contributed by atoms with Crippen LogP contribution in [-0.4, -0.2) is 106 Å². The number of ether oxygens (including phenoxy) is 2. The van der Waals surface area contributed by atoms with Crippen molar-refractivity contribution < 1.29 is 51.5 Å². The number of nitrogens with two attached hydrogens (primary N) is 1. The van der Waals surface area contributed by atoms with E-state index < -0.39 is 88.2 Å². The van der Waals surface area contributed by atoms with Crippen LogP contribution in [0.4, 0.5) is 4.79 Å². The number of amides is 6. The van der Waals surface area contributed by atoms with Gasteiger partial charge < -0.3 is 41.4 Å². The van der Waals surface area contributed by atoms with Crippen molar-refractivity contribution in [3.05, 3.63) is 60.2 Å². The molecule has 6 amide bonds. The first-order valence-corrected chi connectivity index (χ1v) is 19.1. The largest absolute Gasteiger partial charge is 0.497 e. The third-order valence-electron chi connectivity index (χ3n) is 8.40. The van der Waals surface area contributed by atoms with E-state index in [2.05, 4.69) is 26.0 Å². The molecule has 7 N–H and O–H groups in total. The molecule has 1 heterocycles. The third kappa shape index (κ3) is 12.8. The quantitative estimate of drug-likeness (QED) is 0.104. The molecule has 55 heavy (non-hydrogen) atoms. The highest BCUT2D eigenvalue weighted by Gasteiger charge is 2.43. The van der Waals surface area contributed by atoms with Crippen LogP contribution in [0.3, 0.4) is 0 Å². The third-order valence-corrected chi connectivity index (χ3v) is 9.93. The van der Waals surface area contributed by atoms with Gasteiger partial charge in [0.05, 0.1) is 31.2 Å². The van der Waals surface area contributed by atoms with E-state index in [-0.39, 0.29) is 36.8 Å². The number of carbonyl (C=O) groups excluding carboxylic acids is 7. The van der Waals surface area contributed by atoms with Gasteiger partial charge in [-0.2, -0.15) is 0 Å². The number of methoxy groups -OCH3 is 1. The first-order chi connectivity index (χ1) is 26.0. The van der Waals surface area contributed by atoms with E-state index in [1.54, 1.807) is 37.3 Å². The highest BCUT2D eigenvalue weighted by atomic mass is 32.2. The van der Waals surface area contributed by atoms with Crippen LogP contribution in [0.2, 0.25) is 0 Å². The molecule has 3 rings (SSSR count). The lowest BCUT2D eigenvalue weighted by atomic mass is 10.0. The maximum Gasteiger partial charge on any atom is 0.407 e. The molecule has 0 saturated carbocycles. The number of hydrogen-bond acceptors (Lipinski definition) is 11. The first-order valence-electron chi connectivity index (χ1n) is 17.6. The van der Waals surface area contributed by atoms with Crippen LogP contribution in [0.5, 0.6) is 5.75 Å². The van der Waals surface area contributed by atoms with E-state index in [0.717, 1.165) is 4.90 Å². The molecule has 0 aliphatic carbocycles. The summed E-state index contributed by atoms with van der Waals surface area (Å²) in [4.78, 5) is 91.6. The van der Waals surface area contributed by atoms with Crippen molar-refractivity contribution in [1.82, 2.24) is 30.9 Å². The van der Waals surface area contributed by atoms with Crippen LogP contribution in [-0.2, 0) is 43.5 Å². The van der Waals surface area contributed by atoms with Crippen molar-refractivity contribution >= 4 is 51.4 Å². The second kappa shape index (κ2) is 20.2. The number of likely N-dealkylation sites (tertiary alicyclic amines) is 1. The SMILES string of the molecule is CCCC(NC(=O)C1C[C@@H](NS(=O)(=O)c2ccc(OC)cc2)CN1C(=O)[C@H](C)NC(=O)OCC(C)C)C(=O)C(=O)NCC(=O)N[C@H](C(N)=O)c1ccccc1. The van der Waals surface area contributed by atoms with Gasteiger partial charge in [-0.1, -0.05) is 57.5 Å². The molecule has 18 nitrogen and oxygen atoms in total. The number of rotatable bonds is 19.